The second-order valence-electron chi connectivity index (χ2n) is 4.24. The fourth-order valence-corrected chi connectivity index (χ4v) is 2.42. The molecule has 0 aliphatic carbocycles. The van der Waals surface area contributed by atoms with Crippen molar-refractivity contribution in [2.75, 3.05) is 6.54 Å². The lowest BCUT2D eigenvalue weighted by atomic mass is 10.0. The summed E-state index contributed by atoms with van der Waals surface area (Å²) in [5, 5.41) is 3.26. The molecule has 2 nitrogen and oxygen atoms in total. The molecule has 1 unspecified atom stereocenters. The van der Waals surface area contributed by atoms with E-state index in [0.29, 0.717) is 10.2 Å². The second-order valence-corrected chi connectivity index (χ2v) is 4.96. The largest absolute Gasteiger partial charge is 0.457 e. The summed E-state index contributed by atoms with van der Waals surface area (Å²) in [7, 11) is 0. The minimum atomic E-state index is -0.585. The van der Waals surface area contributed by atoms with Gasteiger partial charge < -0.3 is 9.73 Å². The number of hydrogen-bond donors (Lipinski definition) is 1. The molecule has 0 aliphatic rings. The van der Waals surface area contributed by atoms with Crippen molar-refractivity contribution in [1.29, 1.82) is 0 Å². The Kier molecular flexibility index (Phi) is 4.71. The van der Waals surface area contributed by atoms with Gasteiger partial charge in [-0.05, 0) is 52.7 Å². The molecule has 0 aliphatic heterocycles. The average molecular weight is 330 g/mol. The van der Waals surface area contributed by atoms with Crippen LogP contribution in [0.4, 0.5) is 8.78 Å². The third-order valence-corrected chi connectivity index (χ3v) is 3.42. The highest BCUT2D eigenvalue weighted by molar-refractivity contribution is 9.10. The van der Waals surface area contributed by atoms with Gasteiger partial charge in [0.25, 0.3) is 0 Å². The Morgan fingerprint density at radius 2 is 1.95 bits per heavy atom. The highest BCUT2D eigenvalue weighted by Crippen LogP contribution is 2.30. The molecule has 102 valence electrons. The minimum absolute atomic E-state index is 0.307. The second kappa shape index (κ2) is 6.30. The van der Waals surface area contributed by atoms with E-state index in [1.54, 1.807) is 6.07 Å². The van der Waals surface area contributed by atoms with Crippen LogP contribution in [0.25, 0.3) is 0 Å². The number of rotatable bonds is 5. The predicted octanol–water partition coefficient (Wildman–Crippen LogP) is 4.41. The molecule has 0 saturated heterocycles. The Labute approximate surface area is 118 Å². The summed E-state index contributed by atoms with van der Waals surface area (Å²) in [5.74, 6) is -1.17. The SMILES string of the molecule is CCCNC(c1cc(F)cc(F)c1)c1ccoc1Br. The van der Waals surface area contributed by atoms with Crippen molar-refractivity contribution in [1.82, 2.24) is 5.32 Å². The zero-order valence-electron chi connectivity index (χ0n) is 10.4. The lowest BCUT2D eigenvalue weighted by Crippen LogP contribution is -2.23. The highest BCUT2D eigenvalue weighted by atomic mass is 79.9. The van der Waals surface area contributed by atoms with Gasteiger partial charge in [0.2, 0.25) is 0 Å². The predicted molar refractivity (Wildman–Crippen MR) is 72.9 cm³/mol. The molecule has 5 heteroatoms. The van der Waals surface area contributed by atoms with E-state index in [1.807, 2.05) is 6.92 Å². The van der Waals surface area contributed by atoms with Crippen molar-refractivity contribution < 1.29 is 13.2 Å². The molecule has 1 heterocycles. The Hall–Kier alpha value is -1.20. The van der Waals surface area contributed by atoms with Gasteiger partial charge in [0, 0.05) is 11.6 Å². The smallest absolute Gasteiger partial charge is 0.174 e. The van der Waals surface area contributed by atoms with Crippen molar-refractivity contribution in [3.63, 3.8) is 0 Å². The van der Waals surface area contributed by atoms with E-state index in [-0.39, 0.29) is 6.04 Å². The van der Waals surface area contributed by atoms with Crippen LogP contribution in [-0.2, 0) is 0 Å². The topological polar surface area (TPSA) is 25.2 Å². The van der Waals surface area contributed by atoms with E-state index >= 15 is 0 Å². The molecule has 1 atom stereocenters. The molecule has 2 aromatic rings. The Morgan fingerprint density at radius 3 is 2.47 bits per heavy atom. The van der Waals surface area contributed by atoms with E-state index in [9.17, 15) is 8.78 Å². The van der Waals surface area contributed by atoms with Gasteiger partial charge in [-0.2, -0.15) is 0 Å². The van der Waals surface area contributed by atoms with Crippen LogP contribution in [-0.4, -0.2) is 6.54 Å². The van der Waals surface area contributed by atoms with E-state index in [4.69, 9.17) is 4.42 Å². The van der Waals surface area contributed by atoms with Crippen LogP contribution in [0.2, 0.25) is 0 Å². The highest BCUT2D eigenvalue weighted by Gasteiger charge is 2.19. The molecule has 1 aromatic heterocycles. The van der Waals surface area contributed by atoms with E-state index in [0.717, 1.165) is 24.6 Å². The maximum atomic E-state index is 13.3. The van der Waals surface area contributed by atoms with Gasteiger partial charge in [0.05, 0.1) is 12.3 Å². The summed E-state index contributed by atoms with van der Waals surface area (Å²) < 4.78 is 32.5. The van der Waals surface area contributed by atoms with E-state index in [1.165, 1.54) is 18.4 Å². The lowest BCUT2D eigenvalue weighted by molar-refractivity contribution is 0.520. The molecule has 0 bridgehead atoms. The standard InChI is InChI=1S/C14H14BrF2NO/c1-2-4-18-13(12-3-5-19-14(12)15)9-6-10(16)8-11(17)7-9/h3,5-8,13,18H,2,4H2,1H3. The molecule has 1 aromatic carbocycles. The molecule has 0 fully saturated rings. The monoisotopic (exact) mass is 329 g/mol. The molecule has 2 rings (SSSR count). The van der Waals surface area contributed by atoms with Crippen molar-refractivity contribution >= 4 is 15.9 Å². The first-order chi connectivity index (χ1) is 9.11. The summed E-state index contributed by atoms with van der Waals surface area (Å²) in [5.41, 5.74) is 1.35. The summed E-state index contributed by atoms with van der Waals surface area (Å²) >= 11 is 3.30. The van der Waals surface area contributed by atoms with Gasteiger partial charge in [0.1, 0.15) is 11.6 Å². The molecule has 1 N–H and O–H groups in total. The average Bonchev–Trinajstić information content (AvgIpc) is 2.75. The number of halogens is 3. The van der Waals surface area contributed by atoms with E-state index < -0.39 is 11.6 Å². The van der Waals surface area contributed by atoms with E-state index in [2.05, 4.69) is 21.2 Å². The van der Waals surface area contributed by atoms with Crippen LogP contribution in [0.15, 0.2) is 39.6 Å². The Balaban J connectivity index is 2.39. The van der Waals surface area contributed by atoms with Crippen LogP contribution in [0.5, 0.6) is 0 Å². The summed E-state index contributed by atoms with van der Waals surface area (Å²) in [6, 6.07) is 5.00. The quantitative estimate of drug-likeness (QED) is 0.878. The van der Waals surface area contributed by atoms with Crippen LogP contribution in [0.3, 0.4) is 0 Å². The Morgan fingerprint density at radius 1 is 1.26 bits per heavy atom. The zero-order valence-corrected chi connectivity index (χ0v) is 12.0. The van der Waals surface area contributed by atoms with Crippen molar-refractivity contribution in [2.24, 2.45) is 0 Å². The van der Waals surface area contributed by atoms with Crippen molar-refractivity contribution in [2.45, 2.75) is 19.4 Å². The number of hydrogen-bond acceptors (Lipinski definition) is 2. The third-order valence-electron chi connectivity index (χ3n) is 2.77. The zero-order chi connectivity index (χ0) is 13.8. The first-order valence-corrected chi connectivity index (χ1v) is 6.83. The van der Waals surface area contributed by atoms with Gasteiger partial charge >= 0.3 is 0 Å². The van der Waals surface area contributed by atoms with Gasteiger partial charge in [-0.25, -0.2) is 8.78 Å². The van der Waals surface area contributed by atoms with Gasteiger partial charge in [-0.1, -0.05) is 6.92 Å². The maximum Gasteiger partial charge on any atom is 0.174 e. The number of nitrogens with one attached hydrogen (secondary N) is 1. The summed E-state index contributed by atoms with van der Waals surface area (Å²) in [6.45, 7) is 2.76. The van der Waals surface area contributed by atoms with Crippen LogP contribution in [0.1, 0.15) is 30.5 Å². The van der Waals surface area contributed by atoms with Crippen LogP contribution < -0.4 is 5.32 Å². The normalized spacial score (nSPS) is 12.6. The summed E-state index contributed by atoms with van der Waals surface area (Å²) in [4.78, 5) is 0. The number of furan rings is 1. The van der Waals surface area contributed by atoms with Crippen LogP contribution in [0, 0.1) is 11.6 Å². The maximum absolute atomic E-state index is 13.3. The molecule has 0 amide bonds. The molecular weight excluding hydrogens is 316 g/mol. The molecular formula is C14H14BrF2NO. The minimum Gasteiger partial charge on any atom is -0.457 e. The molecule has 0 spiro atoms. The first-order valence-electron chi connectivity index (χ1n) is 6.04. The van der Waals surface area contributed by atoms with Crippen LogP contribution >= 0.6 is 15.9 Å². The Bertz CT molecular complexity index is 536. The number of benzene rings is 1. The third kappa shape index (κ3) is 3.42. The van der Waals surface area contributed by atoms with Gasteiger partial charge in [-0.15, -0.1) is 0 Å². The summed E-state index contributed by atoms with van der Waals surface area (Å²) in [6.07, 6.45) is 2.46. The van der Waals surface area contributed by atoms with Crippen molar-refractivity contribution in [3.05, 3.63) is 58.0 Å². The lowest BCUT2D eigenvalue weighted by Gasteiger charge is -2.18. The van der Waals surface area contributed by atoms with Gasteiger partial charge in [0.15, 0.2) is 4.67 Å². The molecule has 0 radical (unpaired) electrons. The fraction of sp³-hybridized carbons (Fsp3) is 0.286. The van der Waals surface area contributed by atoms with Gasteiger partial charge in [-0.3, -0.25) is 0 Å². The van der Waals surface area contributed by atoms with Crippen molar-refractivity contribution in [3.8, 4) is 0 Å². The molecule has 0 saturated carbocycles. The first kappa shape index (κ1) is 14.2. The molecule has 19 heavy (non-hydrogen) atoms. The fourth-order valence-electron chi connectivity index (χ4n) is 1.95.